The predicted molar refractivity (Wildman–Crippen MR) is 59.8 cm³/mol. The molecule has 0 radical (unpaired) electrons. The SMILES string of the molecule is N#Cc1c(CN2CCCC2=N)[nH]c(=O)[nH]c1=O. The lowest BCUT2D eigenvalue weighted by Crippen LogP contribution is -2.31. The summed E-state index contributed by atoms with van der Waals surface area (Å²) < 4.78 is 0. The van der Waals surface area contributed by atoms with E-state index in [1.807, 2.05) is 4.98 Å². The summed E-state index contributed by atoms with van der Waals surface area (Å²) in [5.41, 5.74) is -1.14. The van der Waals surface area contributed by atoms with Crippen molar-refractivity contribution in [2.24, 2.45) is 0 Å². The fraction of sp³-hybridized carbons (Fsp3) is 0.400. The zero-order chi connectivity index (χ0) is 12.4. The summed E-state index contributed by atoms with van der Waals surface area (Å²) in [4.78, 5) is 28.7. The van der Waals surface area contributed by atoms with Gasteiger partial charge in [-0.1, -0.05) is 0 Å². The van der Waals surface area contributed by atoms with E-state index in [-0.39, 0.29) is 17.8 Å². The molecule has 1 aliphatic heterocycles. The molecular formula is C10H11N5O2. The molecule has 0 bridgehead atoms. The van der Waals surface area contributed by atoms with Gasteiger partial charge >= 0.3 is 5.69 Å². The van der Waals surface area contributed by atoms with E-state index >= 15 is 0 Å². The number of likely N-dealkylation sites (tertiary alicyclic amines) is 1. The number of amidine groups is 1. The van der Waals surface area contributed by atoms with Crippen LogP contribution >= 0.6 is 0 Å². The number of H-pyrrole nitrogens is 2. The topological polar surface area (TPSA) is 117 Å². The van der Waals surface area contributed by atoms with Crippen LogP contribution in [0.25, 0.3) is 0 Å². The highest BCUT2D eigenvalue weighted by atomic mass is 16.2. The van der Waals surface area contributed by atoms with Crippen LogP contribution in [-0.4, -0.2) is 27.2 Å². The van der Waals surface area contributed by atoms with Crippen LogP contribution in [0.2, 0.25) is 0 Å². The number of aromatic nitrogens is 2. The minimum Gasteiger partial charge on any atom is -0.355 e. The fourth-order valence-corrected chi connectivity index (χ4v) is 1.87. The van der Waals surface area contributed by atoms with E-state index in [0.29, 0.717) is 18.8 Å². The quantitative estimate of drug-likeness (QED) is 0.638. The van der Waals surface area contributed by atoms with Crippen molar-refractivity contribution in [1.29, 1.82) is 10.7 Å². The minimum atomic E-state index is -0.683. The third-order valence-corrected chi connectivity index (χ3v) is 2.70. The van der Waals surface area contributed by atoms with Crippen molar-refractivity contribution in [3.63, 3.8) is 0 Å². The Morgan fingerprint density at radius 3 is 2.76 bits per heavy atom. The van der Waals surface area contributed by atoms with E-state index < -0.39 is 11.2 Å². The van der Waals surface area contributed by atoms with Crippen molar-refractivity contribution in [3.8, 4) is 6.07 Å². The van der Waals surface area contributed by atoms with Gasteiger partial charge in [-0.3, -0.25) is 15.2 Å². The Balaban J connectivity index is 2.39. The summed E-state index contributed by atoms with van der Waals surface area (Å²) >= 11 is 0. The fourth-order valence-electron chi connectivity index (χ4n) is 1.87. The standard InChI is InChI=1S/C10H11N5O2/c11-4-6-7(13-10(17)14-9(6)16)5-15-3-1-2-8(15)12/h12H,1-3,5H2,(H2,13,14,16,17). The van der Waals surface area contributed by atoms with Crippen LogP contribution < -0.4 is 11.2 Å². The van der Waals surface area contributed by atoms with Gasteiger partial charge in [0.2, 0.25) is 0 Å². The number of nitrogens with zero attached hydrogens (tertiary/aromatic N) is 2. The molecule has 0 saturated carbocycles. The van der Waals surface area contributed by atoms with E-state index in [1.165, 1.54) is 0 Å². The maximum Gasteiger partial charge on any atom is 0.326 e. The zero-order valence-corrected chi connectivity index (χ0v) is 9.04. The molecule has 3 N–H and O–H groups in total. The van der Waals surface area contributed by atoms with Gasteiger partial charge in [-0.05, 0) is 6.42 Å². The molecule has 7 heteroatoms. The highest BCUT2D eigenvalue weighted by Gasteiger charge is 2.19. The van der Waals surface area contributed by atoms with Crippen LogP contribution in [0.5, 0.6) is 0 Å². The molecule has 7 nitrogen and oxygen atoms in total. The van der Waals surface area contributed by atoms with E-state index in [1.54, 1.807) is 11.0 Å². The number of hydrogen-bond donors (Lipinski definition) is 3. The van der Waals surface area contributed by atoms with Crippen LogP contribution in [0.1, 0.15) is 24.1 Å². The number of rotatable bonds is 2. The summed E-state index contributed by atoms with van der Waals surface area (Å²) in [6.07, 6.45) is 1.57. The van der Waals surface area contributed by atoms with Gasteiger partial charge in [-0.2, -0.15) is 5.26 Å². The first-order valence-electron chi connectivity index (χ1n) is 5.20. The molecule has 0 atom stereocenters. The van der Waals surface area contributed by atoms with E-state index in [0.717, 1.165) is 6.42 Å². The summed E-state index contributed by atoms with van der Waals surface area (Å²) in [6.45, 7) is 0.930. The Kier molecular flexibility index (Phi) is 2.78. The van der Waals surface area contributed by atoms with Crippen LogP contribution in [-0.2, 0) is 6.54 Å². The summed E-state index contributed by atoms with van der Waals surface area (Å²) in [6, 6.07) is 1.77. The lowest BCUT2D eigenvalue weighted by atomic mass is 10.2. The van der Waals surface area contributed by atoms with Gasteiger partial charge in [0.1, 0.15) is 11.6 Å². The summed E-state index contributed by atoms with van der Waals surface area (Å²) in [5.74, 6) is 0.468. The molecule has 1 saturated heterocycles. The van der Waals surface area contributed by atoms with E-state index in [4.69, 9.17) is 10.7 Å². The summed E-state index contributed by atoms with van der Waals surface area (Å²) in [7, 11) is 0. The lowest BCUT2D eigenvalue weighted by molar-refractivity contribution is 0.438. The molecule has 0 aliphatic carbocycles. The molecule has 0 amide bonds. The van der Waals surface area contributed by atoms with Gasteiger partial charge in [0.05, 0.1) is 18.1 Å². The second kappa shape index (κ2) is 4.25. The molecule has 1 fully saturated rings. The van der Waals surface area contributed by atoms with Crippen molar-refractivity contribution in [3.05, 3.63) is 32.1 Å². The molecular weight excluding hydrogens is 222 g/mol. The second-order valence-corrected chi connectivity index (χ2v) is 3.85. The van der Waals surface area contributed by atoms with Crippen molar-refractivity contribution in [1.82, 2.24) is 14.9 Å². The molecule has 0 aromatic carbocycles. The first-order chi connectivity index (χ1) is 8.11. The Hall–Kier alpha value is -2.36. The van der Waals surface area contributed by atoms with Gasteiger partial charge in [0, 0.05) is 13.0 Å². The van der Waals surface area contributed by atoms with Crippen molar-refractivity contribution < 1.29 is 0 Å². The van der Waals surface area contributed by atoms with Crippen LogP contribution in [0.4, 0.5) is 0 Å². The Labute approximate surface area is 96.2 Å². The molecule has 0 spiro atoms. The molecule has 1 aromatic rings. The zero-order valence-electron chi connectivity index (χ0n) is 9.04. The Morgan fingerprint density at radius 2 is 2.18 bits per heavy atom. The van der Waals surface area contributed by atoms with Gasteiger partial charge in [-0.25, -0.2) is 4.79 Å². The van der Waals surface area contributed by atoms with Crippen molar-refractivity contribution in [2.75, 3.05) is 6.54 Å². The smallest absolute Gasteiger partial charge is 0.326 e. The maximum absolute atomic E-state index is 11.4. The predicted octanol–water partition coefficient (Wildman–Crippen LogP) is -0.492. The molecule has 2 rings (SSSR count). The highest BCUT2D eigenvalue weighted by Crippen LogP contribution is 2.13. The number of aromatic amines is 2. The van der Waals surface area contributed by atoms with E-state index in [9.17, 15) is 9.59 Å². The molecule has 17 heavy (non-hydrogen) atoms. The first-order valence-corrected chi connectivity index (χ1v) is 5.20. The largest absolute Gasteiger partial charge is 0.355 e. The normalized spacial score (nSPS) is 15.0. The van der Waals surface area contributed by atoms with Crippen LogP contribution in [0, 0.1) is 16.7 Å². The second-order valence-electron chi connectivity index (χ2n) is 3.85. The summed E-state index contributed by atoms with van der Waals surface area (Å²) in [5, 5.41) is 16.5. The monoisotopic (exact) mass is 233 g/mol. The van der Waals surface area contributed by atoms with Crippen molar-refractivity contribution in [2.45, 2.75) is 19.4 Å². The third-order valence-electron chi connectivity index (χ3n) is 2.70. The van der Waals surface area contributed by atoms with Gasteiger partial charge < -0.3 is 9.88 Å². The molecule has 1 aliphatic rings. The Bertz CT molecular complexity index is 606. The Morgan fingerprint density at radius 1 is 1.41 bits per heavy atom. The van der Waals surface area contributed by atoms with Crippen molar-refractivity contribution >= 4 is 5.84 Å². The maximum atomic E-state index is 11.4. The third kappa shape index (κ3) is 2.10. The average molecular weight is 233 g/mol. The highest BCUT2D eigenvalue weighted by molar-refractivity contribution is 5.80. The molecule has 0 unspecified atom stereocenters. The number of nitrogens with one attached hydrogen (secondary N) is 3. The van der Waals surface area contributed by atoms with Gasteiger partial charge in [0.25, 0.3) is 5.56 Å². The first kappa shape index (κ1) is 11.1. The van der Waals surface area contributed by atoms with Crippen LogP contribution in [0.3, 0.4) is 0 Å². The number of hydrogen-bond acceptors (Lipinski definition) is 4. The molecule has 1 aromatic heterocycles. The minimum absolute atomic E-state index is 0.0932. The number of nitriles is 1. The average Bonchev–Trinajstić information content (AvgIpc) is 2.64. The lowest BCUT2D eigenvalue weighted by Gasteiger charge is -2.17. The van der Waals surface area contributed by atoms with E-state index in [2.05, 4.69) is 4.98 Å². The van der Waals surface area contributed by atoms with Crippen LogP contribution in [0.15, 0.2) is 9.59 Å². The molecule has 88 valence electrons. The molecule has 2 heterocycles. The van der Waals surface area contributed by atoms with Gasteiger partial charge in [0.15, 0.2) is 0 Å². The van der Waals surface area contributed by atoms with Gasteiger partial charge in [-0.15, -0.1) is 0 Å².